The molecular weight excluding hydrogens is 769 g/mol. The molecule has 0 N–H and O–H groups in total. The van der Waals surface area contributed by atoms with Gasteiger partial charge in [-0.2, -0.15) is 0 Å². The fourth-order valence-electron chi connectivity index (χ4n) is 6.64. The zero-order valence-electron chi connectivity index (χ0n) is 30.7. The van der Waals surface area contributed by atoms with Crippen LogP contribution in [0.2, 0.25) is 5.02 Å². The van der Waals surface area contributed by atoms with Gasteiger partial charge in [-0.1, -0.05) is 104 Å². The molecule has 14 heteroatoms. The largest absolute Gasteiger partial charge is 0.545 e. The number of alkyl halides is 1. The Hall–Kier alpha value is -4.33. The van der Waals surface area contributed by atoms with Crippen LogP contribution in [0.5, 0.6) is 11.5 Å². The molecule has 1 aliphatic rings. The highest BCUT2D eigenvalue weighted by atomic mass is 35.5. The van der Waals surface area contributed by atoms with Gasteiger partial charge in [0.2, 0.25) is 5.79 Å². The summed E-state index contributed by atoms with van der Waals surface area (Å²) in [6.07, 6.45) is 1.15. The van der Waals surface area contributed by atoms with Crippen LogP contribution in [0, 0.1) is 0 Å². The molecule has 0 aromatic heterocycles. The molecule has 10 nitrogen and oxygen atoms in total. The molecule has 4 aromatic carbocycles. The van der Waals surface area contributed by atoms with Crippen molar-refractivity contribution in [1.82, 2.24) is 4.90 Å². The van der Waals surface area contributed by atoms with Gasteiger partial charge >= 0.3 is 12.1 Å². The zero-order valence-corrected chi connectivity index (χ0v) is 34.4. The van der Waals surface area contributed by atoms with E-state index < -0.39 is 54.3 Å². The molecule has 0 aliphatic carbocycles. The SMILES string of the molecule is CCc1cccc([SiH2]Oc2ccc(C(Cl)S(=O)(=O)C=COC(=O)N3CC(C)OC(C)(OC(=O)c4cccc(Cl)c4OC)C3c3ccccc3)cc2)c1CC. The molecule has 1 fully saturated rings. The second-order valence-electron chi connectivity index (χ2n) is 12.8. The van der Waals surface area contributed by atoms with E-state index in [1.807, 2.05) is 0 Å². The number of nitrogens with zero attached hydrogens (tertiary/aromatic N) is 1. The van der Waals surface area contributed by atoms with E-state index >= 15 is 0 Å². The van der Waals surface area contributed by atoms with Crippen LogP contribution in [0.25, 0.3) is 0 Å². The molecular formula is C40H43Cl2NO9SSi. The number of morpholine rings is 1. The lowest BCUT2D eigenvalue weighted by atomic mass is 9.95. The third-order valence-electron chi connectivity index (χ3n) is 9.08. The molecule has 4 aromatic rings. The molecule has 4 atom stereocenters. The van der Waals surface area contributed by atoms with Crippen molar-refractivity contribution in [2.24, 2.45) is 0 Å². The lowest BCUT2D eigenvalue weighted by Gasteiger charge is -2.48. The van der Waals surface area contributed by atoms with E-state index in [4.69, 9.17) is 46.6 Å². The monoisotopic (exact) mass is 811 g/mol. The van der Waals surface area contributed by atoms with Gasteiger partial charge in [0.25, 0.3) is 9.76 Å². The predicted molar refractivity (Wildman–Crippen MR) is 212 cm³/mol. The highest BCUT2D eigenvalue weighted by Crippen LogP contribution is 2.42. The van der Waals surface area contributed by atoms with Gasteiger partial charge in [0.1, 0.15) is 23.6 Å². The van der Waals surface area contributed by atoms with Crippen molar-refractivity contribution >= 4 is 60.1 Å². The van der Waals surface area contributed by atoms with Gasteiger partial charge in [-0.3, -0.25) is 4.90 Å². The Morgan fingerprint density at radius 2 is 1.70 bits per heavy atom. The van der Waals surface area contributed by atoms with E-state index in [0.717, 1.165) is 24.5 Å². The second-order valence-corrected chi connectivity index (χ2v) is 17.2. The van der Waals surface area contributed by atoms with Crippen molar-refractivity contribution in [2.45, 2.75) is 63.2 Å². The van der Waals surface area contributed by atoms with E-state index in [0.29, 0.717) is 16.9 Å². The number of hydrogen-bond donors (Lipinski definition) is 0. The Labute approximate surface area is 328 Å². The molecule has 0 bridgehead atoms. The zero-order chi connectivity index (χ0) is 39.0. The maximum absolute atomic E-state index is 13.7. The summed E-state index contributed by atoms with van der Waals surface area (Å²) < 4.78 is 54.1. The van der Waals surface area contributed by atoms with Crippen molar-refractivity contribution in [3.8, 4) is 11.5 Å². The van der Waals surface area contributed by atoms with Crippen LogP contribution in [0.3, 0.4) is 0 Å². The maximum Gasteiger partial charge on any atom is 0.415 e. The molecule has 0 spiro atoms. The standard InChI is InChI=1S/C40H43Cl2NO9SSi/c1-6-27-15-11-18-34(31(27)7-2)54-52-30-21-19-29(20-22-30)37(42)53(46,47)24-23-49-39(45)43-25-26(3)50-40(4,36(43)28-13-9-8-10-14-28)51-38(44)32-16-12-17-33(41)35(32)48-5/h8-24,26,36-37H,6-7,25,54H2,1-5H3. The Morgan fingerprint density at radius 3 is 2.37 bits per heavy atom. The number of hydrogen-bond acceptors (Lipinski definition) is 9. The number of benzene rings is 4. The van der Waals surface area contributed by atoms with Gasteiger partial charge in [0.05, 0.1) is 30.2 Å². The van der Waals surface area contributed by atoms with Gasteiger partial charge < -0.3 is 23.4 Å². The summed E-state index contributed by atoms with van der Waals surface area (Å²) in [5.41, 5.74) is 3.60. The number of ether oxygens (including phenoxy) is 4. The Morgan fingerprint density at radius 1 is 1.00 bits per heavy atom. The minimum absolute atomic E-state index is 0.0335. The summed E-state index contributed by atoms with van der Waals surface area (Å²) in [4.78, 5) is 28.6. The lowest BCUT2D eigenvalue weighted by Crippen LogP contribution is -2.58. The molecule has 1 saturated heterocycles. The Balaban J connectivity index is 1.29. The maximum atomic E-state index is 13.7. The lowest BCUT2D eigenvalue weighted by molar-refractivity contribution is -0.275. The smallest absolute Gasteiger partial charge is 0.415 e. The van der Waals surface area contributed by atoms with Crippen molar-refractivity contribution in [3.63, 3.8) is 0 Å². The van der Waals surface area contributed by atoms with Gasteiger partial charge in [-0.05, 0) is 71.5 Å². The molecule has 0 radical (unpaired) electrons. The summed E-state index contributed by atoms with van der Waals surface area (Å²) in [5.74, 6) is -1.78. The number of aryl methyl sites for hydroxylation is 1. The highest BCUT2D eigenvalue weighted by Gasteiger charge is 2.51. The van der Waals surface area contributed by atoms with E-state index in [1.54, 1.807) is 80.6 Å². The highest BCUT2D eigenvalue weighted by molar-refractivity contribution is 7.95. The first kappa shape index (κ1) is 40.8. The first-order chi connectivity index (χ1) is 25.8. The Kier molecular flexibility index (Phi) is 13.5. The van der Waals surface area contributed by atoms with Crippen LogP contribution in [0.1, 0.15) is 71.1 Å². The minimum Gasteiger partial charge on any atom is -0.545 e. The Bertz CT molecular complexity index is 2080. The van der Waals surface area contributed by atoms with Crippen LogP contribution in [-0.2, 0) is 36.9 Å². The quantitative estimate of drug-likeness (QED) is 0.0584. The summed E-state index contributed by atoms with van der Waals surface area (Å²) in [5, 5.41) is 2.20. The number of carbonyl (C=O) groups is 2. The first-order valence-corrected chi connectivity index (χ1v) is 21.1. The summed E-state index contributed by atoms with van der Waals surface area (Å²) in [7, 11) is -3.84. The minimum atomic E-state index is -4.14. The molecule has 0 saturated carbocycles. The van der Waals surface area contributed by atoms with Crippen LogP contribution >= 0.6 is 23.2 Å². The van der Waals surface area contributed by atoms with E-state index in [1.165, 1.54) is 34.4 Å². The number of amides is 1. The summed E-state index contributed by atoms with van der Waals surface area (Å²) in [6.45, 7) is 7.56. The fourth-order valence-corrected chi connectivity index (χ4v) is 9.49. The second kappa shape index (κ2) is 17.9. The van der Waals surface area contributed by atoms with Crippen molar-refractivity contribution in [2.75, 3.05) is 13.7 Å². The van der Waals surface area contributed by atoms with Crippen molar-refractivity contribution in [1.29, 1.82) is 0 Å². The number of sulfone groups is 1. The van der Waals surface area contributed by atoms with Gasteiger partial charge in [-0.25, -0.2) is 18.0 Å². The molecule has 286 valence electrons. The van der Waals surface area contributed by atoms with Crippen LogP contribution < -0.4 is 14.3 Å². The number of carbonyl (C=O) groups excluding carboxylic acids is 2. The normalized spacial score (nSPS) is 19.5. The van der Waals surface area contributed by atoms with Gasteiger partial charge in [0.15, 0.2) is 20.3 Å². The molecule has 4 unspecified atom stereocenters. The van der Waals surface area contributed by atoms with Gasteiger partial charge in [-0.15, -0.1) is 0 Å². The van der Waals surface area contributed by atoms with E-state index in [2.05, 4.69) is 32.0 Å². The number of esters is 1. The molecule has 1 aliphatic heterocycles. The van der Waals surface area contributed by atoms with Gasteiger partial charge in [0, 0.05) is 6.92 Å². The van der Waals surface area contributed by atoms with E-state index in [9.17, 15) is 18.0 Å². The molecule has 54 heavy (non-hydrogen) atoms. The fraction of sp³-hybridized carbons (Fsp3) is 0.300. The number of methoxy groups -OCH3 is 1. The third-order valence-corrected chi connectivity index (χ3v) is 13.2. The van der Waals surface area contributed by atoms with E-state index in [-0.39, 0.29) is 22.9 Å². The van der Waals surface area contributed by atoms with Crippen LogP contribution in [-0.4, -0.2) is 60.7 Å². The topological polar surface area (TPSA) is 118 Å². The van der Waals surface area contributed by atoms with Crippen molar-refractivity contribution in [3.05, 3.63) is 136 Å². The first-order valence-electron chi connectivity index (χ1n) is 17.4. The predicted octanol–water partition coefficient (Wildman–Crippen LogP) is 7.56. The molecule has 5 rings (SSSR count). The average molecular weight is 813 g/mol. The number of halogens is 2. The number of para-hydroxylation sites is 1. The number of rotatable bonds is 13. The van der Waals surface area contributed by atoms with Crippen LogP contribution in [0.4, 0.5) is 4.79 Å². The molecule has 1 heterocycles. The van der Waals surface area contributed by atoms with Crippen LogP contribution in [0.15, 0.2) is 103 Å². The van der Waals surface area contributed by atoms with Crippen molar-refractivity contribution < 1.29 is 41.4 Å². The summed E-state index contributed by atoms with van der Waals surface area (Å²) >= 11 is 12.7. The molecule has 1 amide bonds. The third kappa shape index (κ3) is 9.30. The summed E-state index contributed by atoms with van der Waals surface area (Å²) in [6, 6.07) is 25.4. The average Bonchev–Trinajstić information content (AvgIpc) is 3.16.